The molecule has 0 saturated carbocycles. The van der Waals surface area contributed by atoms with Crippen molar-refractivity contribution in [3.05, 3.63) is 40.5 Å². The Bertz CT molecular complexity index is 549. The standard InChI is InChI=1S/C14H18BrN3OS.ClH/c1-9(16-3)8-13-17-14(19-18-13)10(2)20-12-6-4-11(15)5-7-12;/h4-7,9-10,16H,8H2,1-3H3;1H. The number of nitrogens with one attached hydrogen (secondary N) is 1. The first-order valence-corrected chi connectivity index (χ1v) is 8.17. The van der Waals surface area contributed by atoms with Crippen molar-refractivity contribution >= 4 is 40.1 Å². The zero-order valence-corrected chi connectivity index (χ0v) is 15.4. The van der Waals surface area contributed by atoms with Crippen LogP contribution in [-0.2, 0) is 6.42 Å². The Morgan fingerprint density at radius 3 is 2.57 bits per heavy atom. The van der Waals surface area contributed by atoms with Crippen LogP contribution in [0.25, 0.3) is 0 Å². The van der Waals surface area contributed by atoms with E-state index in [0.717, 1.165) is 16.7 Å². The summed E-state index contributed by atoms with van der Waals surface area (Å²) >= 11 is 5.14. The van der Waals surface area contributed by atoms with Crippen molar-refractivity contribution in [3.63, 3.8) is 0 Å². The number of likely N-dealkylation sites (N-methyl/N-ethyl adjacent to an activating group) is 1. The lowest BCUT2D eigenvalue weighted by Gasteiger charge is -2.06. The minimum atomic E-state index is 0. The largest absolute Gasteiger partial charge is 0.338 e. The first-order valence-electron chi connectivity index (χ1n) is 6.50. The van der Waals surface area contributed by atoms with Crippen LogP contribution in [0.1, 0.15) is 30.8 Å². The quantitative estimate of drug-likeness (QED) is 0.744. The average Bonchev–Trinajstić information content (AvgIpc) is 2.89. The summed E-state index contributed by atoms with van der Waals surface area (Å²) in [7, 11) is 1.93. The maximum atomic E-state index is 5.35. The van der Waals surface area contributed by atoms with Crippen molar-refractivity contribution < 1.29 is 4.52 Å². The fraction of sp³-hybridized carbons (Fsp3) is 0.429. The van der Waals surface area contributed by atoms with Gasteiger partial charge in [0.15, 0.2) is 5.82 Å². The Morgan fingerprint density at radius 2 is 1.95 bits per heavy atom. The van der Waals surface area contributed by atoms with Crippen LogP contribution in [0.15, 0.2) is 38.2 Å². The fourth-order valence-corrected chi connectivity index (χ4v) is 2.82. The van der Waals surface area contributed by atoms with Crippen molar-refractivity contribution in [2.75, 3.05) is 7.05 Å². The lowest BCUT2D eigenvalue weighted by Crippen LogP contribution is -2.24. The summed E-state index contributed by atoms with van der Waals surface area (Å²) in [6.45, 7) is 4.17. The molecule has 7 heteroatoms. The molecule has 1 aromatic heterocycles. The van der Waals surface area contributed by atoms with Crippen LogP contribution >= 0.6 is 40.1 Å². The van der Waals surface area contributed by atoms with Crippen molar-refractivity contribution in [3.8, 4) is 0 Å². The van der Waals surface area contributed by atoms with Gasteiger partial charge < -0.3 is 9.84 Å². The van der Waals surface area contributed by atoms with E-state index in [-0.39, 0.29) is 17.7 Å². The predicted molar refractivity (Wildman–Crippen MR) is 92.2 cm³/mol. The lowest BCUT2D eigenvalue weighted by atomic mass is 10.2. The summed E-state index contributed by atoms with van der Waals surface area (Å²) in [5.41, 5.74) is 0. The molecule has 2 rings (SSSR count). The van der Waals surface area contributed by atoms with Crippen LogP contribution in [0, 0.1) is 0 Å². The van der Waals surface area contributed by atoms with E-state index in [1.807, 2.05) is 19.2 Å². The highest BCUT2D eigenvalue weighted by Gasteiger charge is 2.16. The molecule has 2 atom stereocenters. The van der Waals surface area contributed by atoms with Gasteiger partial charge in [-0.05, 0) is 45.2 Å². The van der Waals surface area contributed by atoms with E-state index in [1.165, 1.54) is 4.90 Å². The van der Waals surface area contributed by atoms with Gasteiger partial charge in [0.05, 0.1) is 5.25 Å². The number of benzene rings is 1. The monoisotopic (exact) mass is 391 g/mol. The molecule has 1 heterocycles. The molecule has 0 bridgehead atoms. The summed E-state index contributed by atoms with van der Waals surface area (Å²) < 4.78 is 6.43. The molecule has 0 aliphatic rings. The molecule has 2 aromatic rings. The maximum absolute atomic E-state index is 5.35. The smallest absolute Gasteiger partial charge is 0.239 e. The van der Waals surface area contributed by atoms with Gasteiger partial charge in [-0.15, -0.1) is 24.2 Å². The van der Waals surface area contributed by atoms with Gasteiger partial charge in [0.2, 0.25) is 5.89 Å². The van der Waals surface area contributed by atoms with E-state index in [1.54, 1.807) is 11.8 Å². The zero-order valence-electron chi connectivity index (χ0n) is 12.2. The van der Waals surface area contributed by atoms with Crippen LogP contribution in [0.2, 0.25) is 0 Å². The normalized spacial score (nSPS) is 13.5. The molecule has 21 heavy (non-hydrogen) atoms. The molecule has 0 saturated heterocycles. The van der Waals surface area contributed by atoms with Gasteiger partial charge in [-0.1, -0.05) is 21.1 Å². The third-order valence-electron chi connectivity index (χ3n) is 2.94. The van der Waals surface area contributed by atoms with Crippen molar-refractivity contribution in [1.29, 1.82) is 0 Å². The molecule has 116 valence electrons. The molecular weight excluding hydrogens is 374 g/mol. The Balaban J connectivity index is 0.00000220. The van der Waals surface area contributed by atoms with Gasteiger partial charge in [-0.3, -0.25) is 0 Å². The second-order valence-corrected chi connectivity index (χ2v) is 6.99. The zero-order chi connectivity index (χ0) is 14.5. The second-order valence-electron chi connectivity index (χ2n) is 4.66. The number of hydrogen-bond donors (Lipinski definition) is 1. The Morgan fingerprint density at radius 1 is 1.29 bits per heavy atom. The predicted octanol–water partition coefficient (Wildman–Crippen LogP) is 4.26. The highest BCUT2D eigenvalue weighted by Crippen LogP contribution is 2.34. The minimum Gasteiger partial charge on any atom is -0.338 e. The molecule has 0 spiro atoms. The molecule has 0 amide bonds. The fourth-order valence-electron chi connectivity index (χ4n) is 1.66. The summed E-state index contributed by atoms with van der Waals surface area (Å²) in [5, 5.41) is 7.34. The van der Waals surface area contributed by atoms with Gasteiger partial charge in [-0.25, -0.2) is 0 Å². The van der Waals surface area contributed by atoms with E-state index in [2.05, 4.69) is 57.4 Å². The highest BCUT2D eigenvalue weighted by molar-refractivity contribution is 9.10. The van der Waals surface area contributed by atoms with E-state index >= 15 is 0 Å². The van der Waals surface area contributed by atoms with Crippen LogP contribution < -0.4 is 5.32 Å². The Hall–Kier alpha value is -0.560. The van der Waals surface area contributed by atoms with Crippen LogP contribution in [0.3, 0.4) is 0 Å². The Kier molecular flexibility index (Phi) is 7.73. The molecule has 4 nitrogen and oxygen atoms in total. The molecule has 1 aromatic carbocycles. The van der Waals surface area contributed by atoms with Crippen molar-refractivity contribution in [2.24, 2.45) is 0 Å². The maximum Gasteiger partial charge on any atom is 0.239 e. The number of thioether (sulfide) groups is 1. The highest BCUT2D eigenvalue weighted by atomic mass is 79.9. The molecule has 0 aliphatic heterocycles. The molecule has 0 aliphatic carbocycles. The average molecular weight is 393 g/mol. The summed E-state index contributed by atoms with van der Waals surface area (Å²) in [6, 6.07) is 8.55. The van der Waals surface area contributed by atoms with Crippen LogP contribution in [-0.4, -0.2) is 23.2 Å². The first kappa shape index (κ1) is 18.5. The third-order valence-corrected chi connectivity index (χ3v) is 4.57. The lowest BCUT2D eigenvalue weighted by molar-refractivity contribution is 0.373. The topological polar surface area (TPSA) is 51.0 Å². The van der Waals surface area contributed by atoms with Crippen LogP contribution in [0.4, 0.5) is 0 Å². The van der Waals surface area contributed by atoms with Gasteiger partial charge in [0, 0.05) is 21.8 Å². The molecule has 1 N–H and O–H groups in total. The van der Waals surface area contributed by atoms with E-state index in [4.69, 9.17) is 4.52 Å². The van der Waals surface area contributed by atoms with E-state index in [9.17, 15) is 0 Å². The first-order chi connectivity index (χ1) is 9.58. The van der Waals surface area contributed by atoms with Crippen molar-refractivity contribution in [2.45, 2.75) is 36.5 Å². The SMILES string of the molecule is CNC(C)Cc1noc(C(C)Sc2ccc(Br)cc2)n1.Cl. The van der Waals surface area contributed by atoms with Gasteiger partial charge in [-0.2, -0.15) is 4.98 Å². The van der Waals surface area contributed by atoms with Crippen molar-refractivity contribution in [1.82, 2.24) is 15.5 Å². The van der Waals surface area contributed by atoms with E-state index in [0.29, 0.717) is 11.9 Å². The molecule has 0 radical (unpaired) electrons. The molecular formula is C14H19BrClN3OS. The second kappa shape index (κ2) is 8.78. The molecule has 0 fully saturated rings. The molecule has 2 unspecified atom stereocenters. The minimum absolute atomic E-state index is 0. The summed E-state index contributed by atoms with van der Waals surface area (Å²) in [4.78, 5) is 5.65. The van der Waals surface area contributed by atoms with E-state index < -0.39 is 0 Å². The third kappa shape index (κ3) is 5.62. The summed E-state index contributed by atoms with van der Waals surface area (Å²) in [5.74, 6) is 1.43. The summed E-state index contributed by atoms with van der Waals surface area (Å²) in [6.07, 6.45) is 0.773. The van der Waals surface area contributed by atoms with Gasteiger partial charge in [0.25, 0.3) is 0 Å². The van der Waals surface area contributed by atoms with Gasteiger partial charge >= 0.3 is 0 Å². The number of halogens is 2. The van der Waals surface area contributed by atoms with Crippen LogP contribution in [0.5, 0.6) is 0 Å². The number of hydrogen-bond acceptors (Lipinski definition) is 5. The Labute approximate surface area is 144 Å². The number of rotatable bonds is 6. The number of nitrogens with zero attached hydrogens (tertiary/aromatic N) is 2. The van der Waals surface area contributed by atoms with Gasteiger partial charge in [0.1, 0.15) is 0 Å². The number of aromatic nitrogens is 2.